The first-order chi connectivity index (χ1) is 14.0. The van der Waals surface area contributed by atoms with Crippen molar-refractivity contribution in [2.75, 3.05) is 48.0 Å². The van der Waals surface area contributed by atoms with Crippen molar-refractivity contribution in [3.63, 3.8) is 0 Å². The third-order valence-corrected chi connectivity index (χ3v) is 6.85. The third kappa shape index (κ3) is 4.31. The molecular weight excluding hydrogens is 406 g/mol. The van der Waals surface area contributed by atoms with Crippen molar-refractivity contribution in [3.8, 4) is 0 Å². The lowest BCUT2D eigenvalue weighted by molar-refractivity contribution is -0.113. The van der Waals surface area contributed by atoms with Gasteiger partial charge < -0.3 is 20.7 Å². The average Bonchev–Trinajstić information content (AvgIpc) is 3.01. The van der Waals surface area contributed by atoms with Gasteiger partial charge in [0.1, 0.15) is 10.6 Å². The van der Waals surface area contributed by atoms with E-state index in [0.29, 0.717) is 24.2 Å². The number of carbonyl (C=O) groups is 1. The third-order valence-electron chi connectivity index (χ3n) is 4.90. The van der Waals surface area contributed by atoms with E-state index in [-0.39, 0.29) is 11.7 Å². The second-order valence-corrected chi connectivity index (χ2v) is 8.95. The van der Waals surface area contributed by atoms with Crippen LogP contribution in [0.2, 0.25) is 0 Å². The molecule has 4 rings (SSSR count). The molecule has 3 aromatic rings. The van der Waals surface area contributed by atoms with Crippen LogP contribution in [0, 0.1) is 13.8 Å². The highest BCUT2D eigenvalue weighted by Crippen LogP contribution is 2.33. The van der Waals surface area contributed by atoms with Gasteiger partial charge in [0.2, 0.25) is 5.91 Å². The highest BCUT2D eigenvalue weighted by atomic mass is 32.2. The number of anilines is 3. The Labute approximate surface area is 177 Å². The minimum Gasteiger partial charge on any atom is -0.383 e. The van der Waals surface area contributed by atoms with Crippen molar-refractivity contribution in [1.29, 1.82) is 0 Å². The summed E-state index contributed by atoms with van der Waals surface area (Å²) < 4.78 is 5.42. The Morgan fingerprint density at radius 3 is 2.83 bits per heavy atom. The maximum Gasteiger partial charge on any atom is 0.234 e. The summed E-state index contributed by atoms with van der Waals surface area (Å²) in [6.45, 7) is 7.10. The lowest BCUT2D eigenvalue weighted by Gasteiger charge is -2.30. The van der Waals surface area contributed by atoms with Crippen molar-refractivity contribution < 1.29 is 9.53 Å². The van der Waals surface area contributed by atoms with Crippen LogP contribution in [0.25, 0.3) is 10.2 Å². The Morgan fingerprint density at radius 1 is 1.28 bits per heavy atom. The highest BCUT2D eigenvalue weighted by Gasteiger charge is 2.17. The van der Waals surface area contributed by atoms with E-state index >= 15 is 0 Å². The molecular formula is C20H23N5O2S2. The molecule has 1 saturated heterocycles. The molecule has 0 bridgehead atoms. The number of carbonyl (C=O) groups excluding carboxylic acids is 1. The molecule has 0 aliphatic carbocycles. The molecule has 1 amide bonds. The molecule has 0 saturated carbocycles. The Kier molecular flexibility index (Phi) is 5.89. The lowest BCUT2D eigenvalue weighted by Crippen LogP contribution is -2.36. The molecule has 2 aromatic heterocycles. The summed E-state index contributed by atoms with van der Waals surface area (Å²) in [4.78, 5) is 25.8. The number of amides is 1. The minimum atomic E-state index is -0.100. The van der Waals surface area contributed by atoms with Crippen LogP contribution in [0.15, 0.2) is 29.4 Å². The number of nitrogen functional groups attached to an aromatic ring is 1. The van der Waals surface area contributed by atoms with Crippen LogP contribution < -0.4 is 16.0 Å². The first-order valence-electron chi connectivity index (χ1n) is 9.40. The number of aryl methyl sites for hydroxylation is 2. The van der Waals surface area contributed by atoms with E-state index in [1.165, 1.54) is 16.6 Å². The van der Waals surface area contributed by atoms with Gasteiger partial charge in [-0.1, -0.05) is 23.9 Å². The van der Waals surface area contributed by atoms with Crippen LogP contribution in [0.3, 0.4) is 0 Å². The molecule has 0 radical (unpaired) electrons. The van der Waals surface area contributed by atoms with E-state index in [9.17, 15) is 4.79 Å². The molecule has 3 heterocycles. The van der Waals surface area contributed by atoms with E-state index in [1.54, 1.807) is 11.3 Å². The molecule has 0 atom stereocenters. The van der Waals surface area contributed by atoms with Crippen molar-refractivity contribution in [2.24, 2.45) is 0 Å². The van der Waals surface area contributed by atoms with E-state index in [0.717, 1.165) is 40.2 Å². The molecule has 1 aliphatic heterocycles. The quantitative estimate of drug-likeness (QED) is 0.474. The highest BCUT2D eigenvalue weighted by molar-refractivity contribution is 7.99. The number of hydrogen-bond donors (Lipinski definition) is 2. The van der Waals surface area contributed by atoms with Crippen molar-refractivity contribution >= 4 is 56.4 Å². The number of ether oxygens (including phenoxy) is 1. The first-order valence-corrected chi connectivity index (χ1v) is 11.2. The second kappa shape index (κ2) is 8.56. The van der Waals surface area contributed by atoms with Gasteiger partial charge in [0.25, 0.3) is 0 Å². The number of nitrogens with zero attached hydrogens (tertiary/aromatic N) is 3. The Bertz CT molecular complexity index is 1050. The summed E-state index contributed by atoms with van der Waals surface area (Å²) in [5, 5.41) is 4.46. The van der Waals surface area contributed by atoms with Crippen molar-refractivity contribution in [2.45, 2.75) is 19.0 Å². The largest absolute Gasteiger partial charge is 0.383 e. The maximum absolute atomic E-state index is 12.6. The number of thioether (sulfide) groups is 1. The number of hydrogen-bond acceptors (Lipinski definition) is 8. The van der Waals surface area contributed by atoms with Gasteiger partial charge >= 0.3 is 0 Å². The van der Waals surface area contributed by atoms with Crippen LogP contribution in [-0.2, 0) is 9.53 Å². The average molecular weight is 430 g/mol. The fourth-order valence-electron chi connectivity index (χ4n) is 3.30. The summed E-state index contributed by atoms with van der Waals surface area (Å²) >= 11 is 2.89. The maximum atomic E-state index is 12.6. The molecule has 9 heteroatoms. The Balaban J connectivity index is 1.44. The van der Waals surface area contributed by atoms with Crippen LogP contribution in [0.4, 0.5) is 17.2 Å². The normalized spacial score (nSPS) is 14.3. The van der Waals surface area contributed by atoms with E-state index in [4.69, 9.17) is 10.5 Å². The summed E-state index contributed by atoms with van der Waals surface area (Å²) in [6, 6.07) is 7.84. The van der Waals surface area contributed by atoms with Gasteiger partial charge in [-0.25, -0.2) is 9.97 Å². The van der Waals surface area contributed by atoms with Crippen molar-refractivity contribution in [3.05, 3.63) is 34.7 Å². The number of benzene rings is 1. The SMILES string of the molecule is Cc1sc2nc(SCC(=O)Nc3ccccc3N3CCOCC3)nc(N)c2c1C. The van der Waals surface area contributed by atoms with E-state index in [1.807, 2.05) is 38.1 Å². The number of nitrogens with one attached hydrogen (secondary N) is 1. The molecule has 7 nitrogen and oxygen atoms in total. The topological polar surface area (TPSA) is 93.4 Å². The number of para-hydroxylation sites is 2. The molecule has 29 heavy (non-hydrogen) atoms. The summed E-state index contributed by atoms with van der Waals surface area (Å²) in [6.07, 6.45) is 0. The fraction of sp³-hybridized carbons (Fsp3) is 0.350. The van der Waals surface area contributed by atoms with Gasteiger partial charge in [-0.3, -0.25) is 4.79 Å². The predicted molar refractivity (Wildman–Crippen MR) is 120 cm³/mol. The summed E-state index contributed by atoms with van der Waals surface area (Å²) in [5.74, 6) is 0.583. The smallest absolute Gasteiger partial charge is 0.234 e. The molecule has 1 aromatic carbocycles. The minimum absolute atomic E-state index is 0.100. The number of fused-ring (bicyclic) bond motifs is 1. The van der Waals surface area contributed by atoms with E-state index < -0.39 is 0 Å². The number of morpholine rings is 1. The van der Waals surface area contributed by atoms with Crippen LogP contribution in [-0.4, -0.2) is 47.9 Å². The van der Waals surface area contributed by atoms with Gasteiger partial charge in [0.15, 0.2) is 5.16 Å². The summed E-state index contributed by atoms with van der Waals surface area (Å²) in [5.41, 5.74) is 9.07. The monoisotopic (exact) mass is 429 g/mol. The number of thiophene rings is 1. The van der Waals surface area contributed by atoms with Gasteiger partial charge in [-0.2, -0.15) is 0 Å². The predicted octanol–water partition coefficient (Wildman–Crippen LogP) is 3.46. The van der Waals surface area contributed by atoms with Crippen LogP contribution in [0.5, 0.6) is 0 Å². The van der Waals surface area contributed by atoms with Crippen LogP contribution >= 0.6 is 23.1 Å². The van der Waals surface area contributed by atoms with Gasteiger partial charge in [0, 0.05) is 18.0 Å². The Hall–Kier alpha value is -2.36. The molecule has 1 aliphatic rings. The van der Waals surface area contributed by atoms with E-state index in [2.05, 4.69) is 20.2 Å². The Morgan fingerprint density at radius 2 is 2.03 bits per heavy atom. The molecule has 3 N–H and O–H groups in total. The van der Waals surface area contributed by atoms with Crippen molar-refractivity contribution in [1.82, 2.24) is 9.97 Å². The zero-order valence-electron chi connectivity index (χ0n) is 16.4. The number of nitrogens with two attached hydrogens (primary N) is 1. The lowest BCUT2D eigenvalue weighted by atomic mass is 10.2. The van der Waals surface area contributed by atoms with Crippen LogP contribution in [0.1, 0.15) is 10.4 Å². The molecule has 0 spiro atoms. The van der Waals surface area contributed by atoms with Gasteiger partial charge in [-0.15, -0.1) is 11.3 Å². The molecule has 0 unspecified atom stereocenters. The molecule has 152 valence electrons. The summed E-state index contributed by atoms with van der Waals surface area (Å²) in [7, 11) is 0. The van der Waals surface area contributed by atoms with Gasteiger partial charge in [0.05, 0.1) is 35.7 Å². The molecule has 1 fully saturated rings. The number of rotatable bonds is 5. The fourth-order valence-corrected chi connectivity index (χ4v) is 5.05. The standard InChI is InChI=1S/C20H23N5O2S2/c1-12-13(2)29-19-17(12)18(21)23-20(24-19)28-11-16(26)22-14-5-3-4-6-15(14)25-7-9-27-10-8-25/h3-6H,7-11H2,1-2H3,(H,22,26)(H2,21,23,24). The second-order valence-electron chi connectivity index (χ2n) is 6.81. The zero-order valence-corrected chi connectivity index (χ0v) is 18.0. The number of aromatic nitrogens is 2. The van der Waals surface area contributed by atoms with Gasteiger partial charge in [-0.05, 0) is 31.5 Å². The first kappa shape index (κ1) is 19.9. The zero-order chi connectivity index (χ0) is 20.4.